The van der Waals surface area contributed by atoms with Crippen LogP contribution in [0.25, 0.3) is 0 Å². The Morgan fingerprint density at radius 3 is 2.69 bits per heavy atom. The number of aliphatic hydroxyl groups is 2. The summed E-state index contributed by atoms with van der Waals surface area (Å²) in [6.45, 7) is 5.73. The van der Waals surface area contributed by atoms with Crippen molar-refractivity contribution >= 4 is 5.97 Å². The molecule has 35 heavy (non-hydrogen) atoms. The van der Waals surface area contributed by atoms with Crippen LogP contribution in [0.1, 0.15) is 56.7 Å². The van der Waals surface area contributed by atoms with Crippen molar-refractivity contribution in [2.45, 2.75) is 64.2 Å². The van der Waals surface area contributed by atoms with Crippen molar-refractivity contribution in [3.8, 4) is 11.5 Å². The summed E-state index contributed by atoms with van der Waals surface area (Å²) in [7, 11) is 3.26. The van der Waals surface area contributed by atoms with Crippen LogP contribution in [0, 0.1) is 23.2 Å². The van der Waals surface area contributed by atoms with Crippen molar-refractivity contribution in [2.24, 2.45) is 23.2 Å². The quantitative estimate of drug-likeness (QED) is 0.472. The van der Waals surface area contributed by atoms with Crippen LogP contribution in [0.15, 0.2) is 23.8 Å². The molecule has 1 saturated carbocycles. The van der Waals surface area contributed by atoms with E-state index in [9.17, 15) is 15.0 Å². The first-order valence-electron chi connectivity index (χ1n) is 13.0. The van der Waals surface area contributed by atoms with Crippen LogP contribution in [0.2, 0.25) is 0 Å². The number of rotatable bonds is 6. The van der Waals surface area contributed by atoms with E-state index in [1.54, 1.807) is 14.2 Å². The third-order valence-corrected chi connectivity index (χ3v) is 9.52. The van der Waals surface area contributed by atoms with Gasteiger partial charge in [-0.2, -0.15) is 0 Å². The molecule has 0 bridgehead atoms. The Labute approximate surface area is 208 Å². The molecule has 0 radical (unpaired) electrons. The smallest absolute Gasteiger partial charge is 0.311 e. The van der Waals surface area contributed by atoms with E-state index in [1.807, 2.05) is 12.1 Å². The van der Waals surface area contributed by atoms with Gasteiger partial charge in [-0.15, -0.1) is 0 Å². The van der Waals surface area contributed by atoms with Crippen LogP contribution in [0.4, 0.5) is 0 Å². The van der Waals surface area contributed by atoms with Crippen LogP contribution >= 0.6 is 0 Å². The fraction of sp³-hybridized carbons (Fsp3) is 0.679. The summed E-state index contributed by atoms with van der Waals surface area (Å²) in [6.07, 6.45) is 5.58. The molecule has 7 heteroatoms. The van der Waals surface area contributed by atoms with E-state index in [4.69, 9.17) is 14.2 Å². The lowest BCUT2D eigenvalue weighted by Gasteiger charge is -2.52. The number of allylic oxidation sites excluding steroid dienone is 1. The molecule has 192 valence electrons. The standard InChI is InChI=1S/C28H39NO6/c1-16-6-5-7-18-13-24-25(26(31)28(16,18)2)20(27(32)35-24)15-29-10-8-17-12-22(33-3)23(34-4)14-19(17)21(29)9-11-30/h7,12,14,16,20-21,24-26,30-31H,5-6,8-11,13,15H2,1-4H3. The second kappa shape index (κ2) is 9.41. The van der Waals surface area contributed by atoms with E-state index >= 15 is 0 Å². The lowest BCUT2D eigenvalue weighted by atomic mass is 9.55. The predicted molar refractivity (Wildman–Crippen MR) is 131 cm³/mol. The van der Waals surface area contributed by atoms with E-state index in [0.717, 1.165) is 37.8 Å². The van der Waals surface area contributed by atoms with Crippen LogP contribution in [-0.2, 0) is 16.0 Å². The first kappa shape index (κ1) is 24.6. The van der Waals surface area contributed by atoms with Gasteiger partial charge in [-0.25, -0.2) is 0 Å². The normalized spacial score (nSPS) is 36.5. The number of esters is 1. The summed E-state index contributed by atoms with van der Waals surface area (Å²) in [5.41, 5.74) is 3.23. The SMILES string of the molecule is COc1cc2c(cc1OC)C(CCO)N(CC1C(=O)OC3CC4=CCCC(C)C4(C)C(O)C31)CC2. The van der Waals surface area contributed by atoms with Crippen LogP contribution in [0.3, 0.4) is 0 Å². The number of carbonyl (C=O) groups is 1. The molecule has 7 atom stereocenters. The minimum absolute atomic E-state index is 0.0441. The topological polar surface area (TPSA) is 88.5 Å². The number of ether oxygens (including phenoxy) is 3. The van der Waals surface area contributed by atoms with Crippen LogP contribution in [-0.4, -0.2) is 67.2 Å². The summed E-state index contributed by atoms with van der Waals surface area (Å²) in [4.78, 5) is 15.5. The van der Waals surface area contributed by atoms with Gasteiger partial charge in [0.1, 0.15) is 6.10 Å². The van der Waals surface area contributed by atoms with Gasteiger partial charge in [-0.1, -0.05) is 25.5 Å². The van der Waals surface area contributed by atoms with Gasteiger partial charge in [0.05, 0.1) is 26.2 Å². The molecule has 1 aromatic rings. The average Bonchev–Trinajstić information content (AvgIpc) is 3.16. The van der Waals surface area contributed by atoms with Crippen molar-refractivity contribution in [3.05, 3.63) is 34.9 Å². The molecule has 7 nitrogen and oxygen atoms in total. The summed E-state index contributed by atoms with van der Waals surface area (Å²) >= 11 is 0. The maximum atomic E-state index is 13.2. The minimum atomic E-state index is -0.614. The third kappa shape index (κ3) is 3.87. The zero-order chi connectivity index (χ0) is 24.9. The van der Waals surface area contributed by atoms with Crippen molar-refractivity contribution in [1.82, 2.24) is 4.90 Å². The van der Waals surface area contributed by atoms with Crippen molar-refractivity contribution in [3.63, 3.8) is 0 Å². The van der Waals surface area contributed by atoms with Crippen molar-refractivity contribution in [2.75, 3.05) is 33.9 Å². The molecule has 2 heterocycles. The molecule has 2 aliphatic heterocycles. The first-order chi connectivity index (χ1) is 16.8. The van der Waals surface area contributed by atoms with Gasteiger partial charge in [0.2, 0.25) is 0 Å². The number of benzene rings is 1. The van der Waals surface area contributed by atoms with Gasteiger partial charge in [-0.05, 0) is 54.9 Å². The highest BCUT2D eigenvalue weighted by molar-refractivity contribution is 5.76. The largest absolute Gasteiger partial charge is 0.493 e. The highest BCUT2D eigenvalue weighted by Gasteiger charge is 2.60. The molecule has 0 amide bonds. The summed E-state index contributed by atoms with van der Waals surface area (Å²) in [5, 5.41) is 21.6. The number of hydrogen-bond acceptors (Lipinski definition) is 7. The molecular weight excluding hydrogens is 446 g/mol. The number of nitrogens with zero attached hydrogens (tertiary/aromatic N) is 1. The summed E-state index contributed by atoms with van der Waals surface area (Å²) < 4.78 is 16.9. The zero-order valence-electron chi connectivity index (χ0n) is 21.3. The number of carbonyl (C=O) groups excluding carboxylic acids is 1. The van der Waals surface area contributed by atoms with Crippen molar-refractivity contribution in [1.29, 1.82) is 0 Å². The molecule has 7 unspecified atom stereocenters. The monoisotopic (exact) mass is 485 g/mol. The Morgan fingerprint density at radius 2 is 1.97 bits per heavy atom. The third-order valence-electron chi connectivity index (χ3n) is 9.52. The molecule has 4 aliphatic rings. The molecule has 1 saturated heterocycles. The van der Waals surface area contributed by atoms with E-state index in [1.165, 1.54) is 11.1 Å². The first-order valence-corrected chi connectivity index (χ1v) is 13.0. The minimum Gasteiger partial charge on any atom is -0.493 e. The molecule has 2 fully saturated rings. The molecule has 0 spiro atoms. The Bertz CT molecular complexity index is 1010. The highest BCUT2D eigenvalue weighted by Crippen LogP contribution is 2.56. The average molecular weight is 486 g/mol. The Balaban J connectivity index is 1.44. The Hall–Kier alpha value is -2.09. The second-order valence-corrected chi connectivity index (χ2v) is 11.0. The zero-order valence-corrected chi connectivity index (χ0v) is 21.3. The molecule has 2 N–H and O–H groups in total. The second-order valence-electron chi connectivity index (χ2n) is 11.0. The number of fused-ring (bicyclic) bond motifs is 3. The van der Waals surface area contributed by atoms with Gasteiger partial charge in [0.25, 0.3) is 0 Å². The lowest BCUT2D eigenvalue weighted by molar-refractivity contribution is -0.145. The van der Waals surface area contributed by atoms with Gasteiger partial charge in [-0.3, -0.25) is 9.69 Å². The fourth-order valence-corrected chi connectivity index (χ4v) is 7.29. The molecule has 1 aromatic carbocycles. The number of aliphatic hydroxyl groups excluding tert-OH is 2. The summed E-state index contributed by atoms with van der Waals surface area (Å²) in [5.74, 6) is 0.931. The van der Waals surface area contributed by atoms with E-state index in [-0.39, 0.29) is 42.0 Å². The molecule has 0 aromatic heterocycles. The van der Waals surface area contributed by atoms with E-state index in [2.05, 4.69) is 24.8 Å². The predicted octanol–water partition coefficient (Wildman–Crippen LogP) is 3.27. The lowest BCUT2D eigenvalue weighted by Crippen LogP contribution is -2.55. The maximum Gasteiger partial charge on any atom is 0.311 e. The number of hydrogen-bond donors (Lipinski definition) is 2. The van der Waals surface area contributed by atoms with Gasteiger partial charge in [0.15, 0.2) is 11.5 Å². The Morgan fingerprint density at radius 1 is 1.23 bits per heavy atom. The maximum absolute atomic E-state index is 13.2. The highest BCUT2D eigenvalue weighted by atomic mass is 16.6. The fourth-order valence-electron chi connectivity index (χ4n) is 7.29. The molecular formula is C28H39NO6. The summed E-state index contributed by atoms with van der Waals surface area (Å²) in [6, 6.07) is 3.99. The van der Waals surface area contributed by atoms with Gasteiger partial charge in [0, 0.05) is 43.5 Å². The molecule has 2 aliphatic carbocycles. The van der Waals surface area contributed by atoms with Crippen LogP contribution in [0.5, 0.6) is 11.5 Å². The van der Waals surface area contributed by atoms with Crippen molar-refractivity contribution < 1.29 is 29.2 Å². The number of methoxy groups -OCH3 is 2. The van der Waals surface area contributed by atoms with Gasteiger partial charge < -0.3 is 24.4 Å². The van der Waals surface area contributed by atoms with Gasteiger partial charge >= 0.3 is 5.97 Å². The molecule has 5 rings (SSSR count). The van der Waals surface area contributed by atoms with E-state index < -0.39 is 6.10 Å². The van der Waals surface area contributed by atoms with E-state index in [0.29, 0.717) is 30.4 Å². The van der Waals surface area contributed by atoms with Crippen LogP contribution < -0.4 is 9.47 Å². The Kier molecular flexibility index (Phi) is 6.62.